The molecule has 0 bridgehead atoms. The van der Waals surface area contributed by atoms with Crippen molar-refractivity contribution in [1.29, 1.82) is 0 Å². The molecule has 0 spiro atoms. The third kappa shape index (κ3) is 6.36. The molecule has 0 radical (unpaired) electrons. The first-order chi connectivity index (χ1) is 12.9. The lowest BCUT2D eigenvalue weighted by Crippen LogP contribution is -2.21. The van der Waals surface area contributed by atoms with Gasteiger partial charge in [0.25, 0.3) is 0 Å². The first-order valence-electron chi connectivity index (χ1n) is 8.60. The van der Waals surface area contributed by atoms with E-state index in [1.54, 1.807) is 19.2 Å². The minimum Gasteiger partial charge on any atom is -0.497 e. The van der Waals surface area contributed by atoms with Gasteiger partial charge in [-0.3, -0.25) is 0 Å². The van der Waals surface area contributed by atoms with Crippen molar-refractivity contribution in [2.24, 2.45) is 0 Å². The van der Waals surface area contributed by atoms with Crippen LogP contribution in [0.2, 0.25) is 0 Å². The van der Waals surface area contributed by atoms with Gasteiger partial charge in [-0.2, -0.15) is 13.2 Å². The standard InChI is InChI=1S/C20H24F3NO3/c1-4-17(15-6-8-16(25-2)9-7-15)24-12-14-5-10-18(19(11-14)26-3)27-13-20(21,22)23/h5-11,17,24H,4,12-13H2,1-3H3. The van der Waals surface area contributed by atoms with Crippen LogP contribution in [0.25, 0.3) is 0 Å². The van der Waals surface area contributed by atoms with Crippen LogP contribution in [0.1, 0.15) is 30.5 Å². The van der Waals surface area contributed by atoms with E-state index >= 15 is 0 Å². The fraction of sp³-hybridized carbons (Fsp3) is 0.400. The van der Waals surface area contributed by atoms with Gasteiger partial charge in [0.05, 0.1) is 14.2 Å². The van der Waals surface area contributed by atoms with Crippen molar-refractivity contribution >= 4 is 0 Å². The number of benzene rings is 2. The van der Waals surface area contributed by atoms with Crippen LogP contribution in [-0.2, 0) is 6.54 Å². The molecular weight excluding hydrogens is 359 g/mol. The number of rotatable bonds is 9. The molecular formula is C20H24F3NO3. The highest BCUT2D eigenvalue weighted by Crippen LogP contribution is 2.30. The second kappa shape index (κ2) is 9.50. The van der Waals surface area contributed by atoms with Gasteiger partial charge < -0.3 is 19.5 Å². The van der Waals surface area contributed by atoms with Gasteiger partial charge in [0, 0.05) is 12.6 Å². The van der Waals surface area contributed by atoms with E-state index in [0.717, 1.165) is 23.3 Å². The van der Waals surface area contributed by atoms with Crippen LogP contribution in [0, 0.1) is 0 Å². The number of halogens is 3. The van der Waals surface area contributed by atoms with E-state index in [0.29, 0.717) is 6.54 Å². The molecule has 0 saturated heterocycles. The average molecular weight is 383 g/mol. The van der Waals surface area contributed by atoms with Gasteiger partial charge in [0.15, 0.2) is 18.1 Å². The fourth-order valence-corrected chi connectivity index (χ4v) is 2.68. The third-order valence-electron chi connectivity index (χ3n) is 4.10. The molecule has 2 rings (SSSR count). The molecule has 27 heavy (non-hydrogen) atoms. The highest BCUT2D eigenvalue weighted by Gasteiger charge is 2.29. The van der Waals surface area contributed by atoms with E-state index in [4.69, 9.17) is 14.2 Å². The molecule has 0 amide bonds. The number of methoxy groups -OCH3 is 2. The normalized spacial score (nSPS) is 12.5. The molecule has 1 unspecified atom stereocenters. The number of alkyl halides is 3. The summed E-state index contributed by atoms with van der Waals surface area (Å²) in [5.74, 6) is 1.14. The van der Waals surface area contributed by atoms with Gasteiger partial charge in [0.2, 0.25) is 0 Å². The van der Waals surface area contributed by atoms with E-state index in [2.05, 4.69) is 12.2 Å². The van der Waals surface area contributed by atoms with Crippen LogP contribution in [-0.4, -0.2) is 27.0 Å². The van der Waals surface area contributed by atoms with Crippen molar-refractivity contribution in [3.05, 3.63) is 53.6 Å². The summed E-state index contributed by atoms with van der Waals surface area (Å²) < 4.78 is 52.1. The molecule has 1 atom stereocenters. The quantitative estimate of drug-likeness (QED) is 0.670. The number of hydrogen-bond donors (Lipinski definition) is 1. The molecule has 0 saturated carbocycles. The van der Waals surface area contributed by atoms with Crippen molar-refractivity contribution in [3.8, 4) is 17.2 Å². The maximum Gasteiger partial charge on any atom is 0.422 e. The van der Waals surface area contributed by atoms with Gasteiger partial charge in [-0.1, -0.05) is 25.1 Å². The van der Waals surface area contributed by atoms with E-state index in [-0.39, 0.29) is 17.5 Å². The molecule has 0 aliphatic heterocycles. The molecule has 1 N–H and O–H groups in total. The summed E-state index contributed by atoms with van der Waals surface area (Å²) in [5.41, 5.74) is 2.02. The molecule has 0 aromatic heterocycles. The van der Waals surface area contributed by atoms with Crippen molar-refractivity contribution < 1.29 is 27.4 Å². The van der Waals surface area contributed by atoms with Crippen LogP contribution >= 0.6 is 0 Å². The molecule has 0 aliphatic carbocycles. The Labute approximate surface area is 157 Å². The van der Waals surface area contributed by atoms with Gasteiger partial charge in [-0.15, -0.1) is 0 Å². The Kier molecular flexibility index (Phi) is 7.36. The zero-order valence-electron chi connectivity index (χ0n) is 15.6. The minimum absolute atomic E-state index is 0.0702. The van der Waals surface area contributed by atoms with Crippen molar-refractivity contribution in [2.45, 2.75) is 32.1 Å². The lowest BCUT2D eigenvalue weighted by Gasteiger charge is -2.19. The van der Waals surface area contributed by atoms with E-state index in [9.17, 15) is 13.2 Å². The van der Waals surface area contributed by atoms with Gasteiger partial charge >= 0.3 is 6.18 Å². The smallest absolute Gasteiger partial charge is 0.422 e. The van der Waals surface area contributed by atoms with Crippen LogP contribution in [0.4, 0.5) is 13.2 Å². The summed E-state index contributed by atoms with van der Waals surface area (Å²) in [7, 11) is 3.03. The Morgan fingerprint density at radius 2 is 1.67 bits per heavy atom. The highest BCUT2D eigenvalue weighted by molar-refractivity contribution is 5.43. The summed E-state index contributed by atoms with van der Waals surface area (Å²) in [4.78, 5) is 0. The maximum atomic E-state index is 12.3. The summed E-state index contributed by atoms with van der Waals surface area (Å²) >= 11 is 0. The van der Waals surface area contributed by atoms with E-state index < -0.39 is 12.8 Å². The summed E-state index contributed by atoms with van der Waals surface area (Å²) in [6.45, 7) is 1.27. The molecule has 0 heterocycles. The maximum absolute atomic E-state index is 12.3. The molecule has 4 nitrogen and oxygen atoms in total. The monoisotopic (exact) mass is 383 g/mol. The van der Waals surface area contributed by atoms with E-state index in [1.165, 1.54) is 13.2 Å². The van der Waals surface area contributed by atoms with Crippen LogP contribution in [0.15, 0.2) is 42.5 Å². The largest absolute Gasteiger partial charge is 0.497 e. The predicted octanol–water partition coefficient (Wildman–Crippen LogP) is 4.89. The Morgan fingerprint density at radius 3 is 2.22 bits per heavy atom. The highest BCUT2D eigenvalue weighted by atomic mass is 19.4. The second-order valence-electron chi connectivity index (χ2n) is 6.00. The number of hydrogen-bond acceptors (Lipinski definition) is 4. The Hall–Kier alpha value is -2.41. The average Bonchev–Trinajstić information content (AvgIpc) is 2.67. The molecule has 7 heteroatoms. The first-order valence-corrected chi connectivity index (χ1v) is 8.60. The topological polar surface area (TPSA) is 39.7 Å². The summed E-state index contributed by atoms with van der Waals surface area (Å²) in [5, 5.41) is 3.45. The third-order valence-corrected chi connectivity index (χ3v) is 4.10. The minimum atomic E-state index is -4.39. The zero-order chi connectivity index (χ0) is 19.9. The zero-order valence-corrected chi connectivity index (χ0v) is 15.6. The number of ether oxygens (including phenoxy) is 3. The Bertz CT molecular complexity index is 717. The van der Waals surface area contributed by atoms with Crippen LogP contribution < -0.4 is 19.5 Å². The fourth-order valence-electron chi connectivity index (χ4n) is 2.68. The first kappa shape index (κ1) is 20.9. The van der Waals surface area contributed by atoms with Gasteiger partial charge in [-0.25, -0.2) is 0 Å². The van der Waals surface area contributed by atoms with Gasteiger partial charge in [-0.05, 0) is 41.8 Å². The van der Waals surface area contributed by atoms with E-state index in [1.807, 2.05) is 24.3 Å². The Balaban J connectivity index is 2.02. The molecule has 2 aromatic rings. The summed E-state index contributed by atoms with van der Waals surface area (Å²) in [6.07, 6.45) is -3.51. The lowest BCUT2D eigenvalue weighted by atomic mass is 10.0. The number of nitrogens with one attached hydrogen (secondary N) is 1. The predicted molar refractivity (Wildman–Crippen MR) is 97.4 cm³/mol. The second-order valence-corrected chi connectivity index (χ2v) is 6.00. The van der Waals surface area contributed by atoms with Crippen molar-refractivity contribution in [2.75, 3.05) is 20.8 Å². The molecule has 0 aliphatic rings. The molecule has 0 fully saturated rings. The van der Waals surface area contributed by atoms with Gasteiger partial charge in [0.1, 0.15) is 5.75 Å². The molecule has 148 valence electrons. The lowest BCUT2D eigenvalue weighted by molar-refractivity contribution is -0.153. The molecule has 2 aromatic carbocycles. The van der Waals surface area contributed by atoms with Crippen molar-refractivity contribution in [1.82, 2.24) is 5.32 Å². The Morgan fingerprint density at radius 1 is 0.963 bits per heavy atom. The van der Waals surface area contributed by atoms with Crippen LogP contribution in [0.3, 0.4) is 0 Å². The van der Waals surface area contributed by atoms with Crippen molar-refractivity contribution in [3.63, 3.8) is 0 Å². The van der Waals surface area contributed by atoms with Crippen LogP contribution in [0.5, 0.6) is 17.2 Å². The SMILES string of the molecule is CCC(NCc1ccc(OCC(F)(F)F)c(OC)c1)c1ccc(OC)cc1. The summed E-state index contributed by atoms with van der Waals surface area (Å²) in [6, 6.07) is 12.9.